The summed E-state index contributed by atoms with van der Waals surface area (Å²) in [5.74, 6) is -0.368. The summed E-state index contributed by atoms with van der Waals surface area (Å²) < 4.78 is 45.8. The van der Waals surface area contributed by atoms with Crippen LogP contribution in [0.3, 0.4) is 0 Å². The molecule has 162 valence electrons. The van der Waals surface area contributed by atoms with E-state index in [1.807, 2.05) is 0 Å². The number of hydrogen-bond acceptors (Lipinski definition) is 4. The molecule has 1 atom stereocenters. The molecular weight excluding hydrogens is 443 g/mol. The normalized spacial score (nSPS) is 12.1. The zero-order valence-corrected chi connectivity index (χ0v) is 18.1. The van der Waals surface area contributed by atoms with Gasteiger partial charge in [0.05, 0.1) is 10.9 Å². The zero-order chi connectivity index (χ0) is 22.4. The first-order valence-electron chi connectivity index (χ1n) is 9.29. The van der Waals surface area contributed by atoms with Crippen LogP contribution in [0.4, 0.5) is 10.1 Å². The smallest absolute Gasteiger partial charge is 0.261 e. The minimum atomic E-state index is -3.78. The molecule has 0 saturated heterocycles. The summed E-state index contributed by atoms with van der Waals surface area (Å²) in [6.07, 6.45) is 0. The average Bonchev–Trinajstić information content (AvgIpc) is 2.74. The fourth-order valence-corrected chi connectivity index (χ4v) is 3.90. The van der Waals surface area contributed by atoms with E-state index in [0.717, 1.165) is 5.56 Å². The number of halogens is 2. The Kier molecular flexibility index (Phi) is 7.14. The van der Waals surface area contributed by atoms with Gasteiger partial charge < -0.3 is 10.1 Å². The molecule has 0 aromatic heterocycles. The lowest BCUT2D eigenvalue weighted by Crippen LogP contribution is -2.31. The summed E-state index contributed by atoms with van der Waals surface area (Å²) in [7, 11) is -3.78. The third-order valence-electron chi connectivity index (χ3n) is 4.35. The highest BCUT2D eigenvalue weighted by atomic mass is 35.5. The SMILES string of the molecule is C[C@@H](NC(=O)COc1ccc(S(=O)(=O)Nc2ccc(Cl)cc2)cc1)c1ccc(F)cc1. The molecule has 0 saturated carbocycles. The van der Waals surface area contributed by atoms with E-state index in [1.54, 1.807) is 43.3 Å². The summed E-state index contributed by atoms with van der Waals surface area (Å²) in [5.41, 5.74) is 1.15. The number of carbonyl (C=O) groups excluding carboxylic acids is 1. The predicted molar refractivity (Wildman–Crippen MR) is 117 cm³/mol. The van der Waals surface area contributed by atoms with Gasteiger partial charge in [-0.05, 0) is 73.2 Å². The van der Waals surface area contributed by atoms with E-state index >= 15 is 0 Å². The molecule has 0 aliphatic heterocycles. The van der Waals surface area contributed by atoms with E-state index in [2.05, 4.69) is 10.0 Å². The van der Waals surface area contributed by atoms with Gasteiger partial charge >= 0.3 is 0 Å². The first kappa shape index (κ1) is 22.6. The number of amides is 1. The molecule has 2 N–H and O–H groups in total. The summed E-state index contributed by atoms with van der Waals surface area (Å²) in [5, 5.41) is 3.25. The van der Waals surface area contributed by atoms with Crippen molar-refractivity contribution in [1.29, 1.82) is 0 Å². The van der Waals surface area contributed by atoms with Gasteiger partial charge in [0.25, 0.3) is 15.9 Å². The molecule has 0 radical (unpaired) electrons. The van der Waals surface area contributed by atoms with Gasteiger partial charge in [0.2, 0.25) is 0 Å². The maximum Gasteiger partial charge on any atom is 0.261 e. The van der Waals surface area contributed by atoms with Crippen molar-refractivity contribution in [2.75, 3.05) is 11.3 Å². The van der Waals surface area contributed by atoms with Crippen LogP contribution in [0.2, 0.25) is 5.02 Å². The van der Waals surface area contributed by atoms with Gasteiger partial charge in [-0.1, -0.05) is 23.7 Å². The highest BCUT2D eigenvalue weighted by Gasteiger charge is 2.15. The Bertz CT molecular complexity index is 1140. The average molecular weight is 463 g/mol. The maximum atomic E-state index is 13.0. The Hall–Kier alpha value is -3.10. The molecule has 0 heterocycles. The molecule has 3 aromatic carbocycles. The van der Waals surface area contributed by atoms with Crippen molar-refractivity contribution in [1.82, 2.24) is 5.32 Å². The lowest BCUT2D eigenvalue weighted by molar-refractivity contribution is -0.123. The fourth-order valence-electron chi connectivity index (χ4n) is 2.71. The Morgan fingerprint density at radius 3 is 2.23 bits per heavy atom. The topological polar surface area (TPSA) is 84.5 Å². The standard InChI is InChI=1S/C22H20ClFN2O4S/c1-15(16-2-6-18(24)7-3-16)25-22(27)14-30-20-10-12-21(13-11-20)31(28,29)26-19-8-4-17(23)5-9-19/h2-13,15,26H,14H2,1H3,(H,25,27)/t15-/m1/s1. The van der Waals surface area contributed by atoms with Crippen LogP contribution >= 0.6 is 11.6 Å². The minimum Gasteiger partial charge on any atom is -0.484 e. The van der Waals surface area contributed by atoms with Crippen molar-refractivity contribution in [3.8, 4) is 5.75 Å². The van der Waals surface area contributed by atoms with Gasteiger partial charge in [0.1, 0.15) is 11.6 Å². The van der Waals surface area contributed by atoms with Gasteiger partial charge in [0, 0.05) is 10.7 Å². The highest BCUT2D eigenvalue weighted by Crippen LogP contribution is 2.21. The molecule has 0 spiro atoms. The molecule has 0 unspecified atom stereocenters. The first-order chi connectivity index (χ1) is 14.7. The molecule has 0 aliphatic carbocycles. The lowest BCUT2D eigenvalue weighted by Gasteiger charge is -2.15. The van der Waals surface area contributed by atoms with Crippen LogP contribution in [0.15, 0.2) is 77.7 Å². The van der Waals surface area contributed by atoms with E-state index in [-0.39, 0.29) is 29.3 Å². The van der Waals surface area contributed by atoms with Crippen molar-refractivity contribution >= 4 is 33.2 Å². The van der Waals surface area contributed by atoms with Crippen LogP contribution in [0.1, 0.15) is 18.5 Å². The van der Waals surface area contributed by atoms with Crippen molar-refractivity contribution in [2.24, 2.45) is 0 Å². The van der Waals surface area contributed by atoms with E-state index in [4.69, 9.17) is 16.3 Å². The Morgan fingerprint density at radius 2 is 1.61 bits per heavy atom. The summed E-state index contributed by atoms with van der Waals surface area (Å²) in [6.45, 7) is 1.53. The number of ether oxygens (including phenoxy) is 1. The van der Waals surface area contributed by atoms with Crippen LogP contribution in [0, 0.1) is 5.82 Å². The second-order valence-corrected chi connectivity index (χ2v) is 8.83. The maximum absolute atomic E-state index is 13.0. The van der Waals surface area contributed by atoms with Gasteiger partial charge in [-0.25, -0.2) is 12.8 Å². The second-order valence-electron chi connectivity index (χ2n) is 6.71. The zero-order valence-electron chi connectivity index (χ0n) is 16.5. The number of hydrogen-bond donors (Lipinski definition) is 2. The first-order valence-corrected chi connectivity index (χ1v) is 11.1. The van der Waals surface area contributed by atoms with Crippen LogP contribution < -0.4 is 14.8 Å². The number of anilines is 1. The molecule has 0 aliphatic rings. The molecule has 0 fully saturated rings. The van der Waals surface area contributed by atoms with Gasteiger partial charge in [-0.2, -0.15) is 0 Å². The third kappa shape index (κ3) is 6.44. The number of carbonyl (C=O) groups is 1. The van der Waals surface area contributed by atoms with E-state index in [9.17, 15) is 17.6 Å². The molecule has 6 nitrogen and oxygen atoms in total. The minimum absolute atomic E-state index is 0.0455. The van der Waals surface area contributed by atoms with Crippen LogP contribution in [0.25, 0.3) is 0 Å². The molecule has 3 rings (SSSR count). The summed E-state index contributed by atoms with van der Waals surface area (Å²) in [6, 6.07) is 17.5. The summed E-state index contributed by atoms with van der Waals surface area (Å²) >= 11 is 5.80. The molecule has 1 amide bonds. The molecule has 3 aromatic rings. The molecular formula is C22H20ClFN2O4S. The predicted octanol–water partition coefficient (Wildman–Crippen LogP) is 4.54. The largest absolute Gasteiger partial charge is 0.484 e. The Balaban J connectivity index is 1.54. The summed E-state index contributed by atoms with van der Waals surface area (Å²) in [4.78, 5) is 12.1. The molecule has 0 bridgehead atoms. The van der Waals surface area contributed by atoms with Crippen molar-refractivity contribution in [3.05, 3.63) is 89.2 Å². The van der Waals surface area contributed by atoms with Gasteiger partial charge in [0.15, 0.2) is 6.61 Å². The number of sulfonamides is 1. The van der Waals surface area contributed by atoms with E-state index < -0.39 is 10.0 Å². The van der Waals surface area contributed by atoms with Crippen molar-refractivity contribution < 1.29 is 22.3 Å². The van der Waals surface area contributed by atoms with Crippen molar-refractivity contribution in [2.45, 2.75) is 17.9 Å². The third-order valence-corrected chi connectivity index (χ3v) is 6.00. The van der Waals surface area contributed by atoms with Crippen molar-refractivity contribution in [3.63, 3.8) is 0 Å². The monoisotopic (exact) mass is 462 g/mol. The molecule has 31 heavy (non-hydrogen) atoms. The van der Waals surface area contributed by atoms with Crippen LogP contribution in [-0.2, 0) is 14.8 Å². The van der Waals surface area contributed by atoms with Gasteiger partial charge in [-0.3, -0.25) is 9.52 Å². The van der Waals surface area contributed by atoms with Gasteiger partial charge in [-0.15, -0.1) is 0 Å². The quantitative estimate of drug-likeness (QED) is 0.515. The Morgan fingerprint density at radius 1 is 1.00 bits per heavy atom. The number of benzene rings is 3. The fraction of sp³-hybridized carbons (Fsp3) is 0.136. The lowest BCUT2D eigenvalue weighted by atomic mass is 10.1. The van der Waals surface area contributed by atoms with Crippen LogP contribution in [-0.4, -0.2) is 20.9 Å². The molecule has 9 heteroatoms. The van der Waals surface area contributed by atoms with E-state index in [1.165, 1.54) is 36.4 Å². The Labute approximate surface area is 185 Å². The highest BCUT2D eigenvalue weighted by molar-refractivity contribution is 7.92. The number of rotatable bonds is 8. The van der Waals surface area contributed by atoms with E-state index in [0.29, 0.717) is 16.5 Å². The van der Waals surface area contributed by atoms with Crippen LogP contribution in [0.5, 0.6) is 5.75 Å². The second kappa shape index (κ2) is 9.80. The number of nitrogens with one attached hydrogen (secondary N) is 2.